The number of hydrogen-bond acceptors (Lipinski definition) is 8. The third-order valence-corrected chi connectivity index (χ3v) is 15.1. The van der Waals surface area contributed by atoms with Gasteiger partial charge in [-0.3, -0.25) is 4.79 Å². The number of fused-ring (bicyclic) bond motifs is 7. The van der Waals surface area contributed by atoms with Gasteiger partial charge in [-0.2, -0.15) is 0 Å². The minimum atomic E-state index is -1.39. The van der Waals surface area contributed by atoms with Gasteiger partial charge < -0.3 is 35.0 Å². The van der Waals surface area contributed by atoms with Crippen molar-refractivity contribution in [3.05, 3.63) is 11.6 Å². The lowest BCUT2D eigenvalue weighted by Gasteiger charge is -2.71. The first-order valence-electron chi connectivity index (χ1n) is 17.2. The van der Waals surface area contributed by atoms with Crippen LogP contribution in [0.5, 0.6) is 0 Å². The highest BCUT2D eigenvalue weighted by molar-refractivity contribution is 5.91. The fourth-order valence-electron chi connectivity index (χ4n) is 12.0. The molecule has 1 saturated heterocycles. The summed E-state index contributed by atoms with van der Waals surface area (Å²) in [5.41, 5.74) is -0.885. The summed E-state index contributed by atoms with van der Waals surface area (Å²) >= 11 is 0. The number of aliphatic hydroxyl groups excluding tert-OH is 5. The normalized spacial score (nSPS) is 56.9. The van der Waals surface area contributed by atoms with Crippen molar-refractivity contribution < 1.29 is 39.8 Å². The Hall–Kier alpha value is -0.870. The molecular weight excluding hydrogens is 560 g/mol. The number of ketones is 1. The molecule has 5 aliphatic carbocycles. The van der Waals surface area contributed by atoms with Crippen LogP contribution in [0.3, 0.4) is 0 Å². The van der Waals surface area contributed by atoms with Crippen LogP contribution in [0, 0.1) is 50.2 Å². The van der Waals surface area contributed by atoms with Gasteiger partial charge in [0.15, 0.2) is 6.29 Å². The van der Waals surface area contributed by atoms with Crippen molar-refractivity contribution >= 4 is 5.78 Å². The Labute approximate surface area is 263 Å². The quantitative estimate of drug-likeness (QED) is 0.298. The fraction of sp³-hybridized carbons (Fsp3) is 0.917. The van der Waals surface area contributed by atoms with Gasteiger partial charge in [0.1, 0.15) is 24.1 Å². The Morgan fingerprint density at radius 3 is 2.23 bits per heavy atom. The monoisotopic (exact) mass is 618 g/mol. The first-order chi connectivity index (χ1) is 20.3. The number of allylic oxidation sites excluding steroid dienone is 2. The third kappa shape index (κ3) is 4.23. The van der Waals surface area contributed by atoms with Crippen LogP contribution in [0.4, 0.5) is 0 Å². The summed E-state index contributed by atoms with van der Waals surface area (Å²) in [6.07, 6.45) is 1.95. The number of Topliss-reactive ketones (excluding diaryl/α,β-unsaturated/α-hetero) is 1. The second kappa shape index (κ2) is 10.3. The molecule has 6 rings (SSSR count). The van der Waals surface area contributed by atoms with Crippen LogP contribution >= 0.6 is 0 Å². The summed E-state index contributed by atoms with van der Waals surface area (Å²) in [6.45, 7) is 17.3. The molecule has 8 nitrogen and oxygen atoms in total. The maximum atomic E-state index is 14.9. The van der Waals surface area contributed by atoms with E-state index in [-0.39, 0.29) is 52.5 Å². The Bertz CT molecular complexity index is 1200. The zero-order valence-electron chi connectivity index (χ0n) is 28.2. The molecule has 0 aromatic rings. The zero-order chi connectivity index (χ0) is 32.4. The van der Waals surface area contributed by atoms with Crippen LogP contribution in [-0.4, -0.2) is 80.8 Å². The predicted octanol–water partition coefficient (Wildman–Crippen LogP) is 4.14. The zero-order valence-corrected chi connectivity index (χ0v) is 28.2. The van der Waals surface area contributed by atoms with Crippen molar-refractivity contribution in [2.75, 3.05) is 6.61 Å². The SMILES string of the molecule is C[C@@H]1O[C@@H](O[C@@H]2CC(C)(C)C[C@H]3C4=CC[C@@H]5[C@@]6(C)CC[C@H](O)[C@](C)(CO)[C@@H]6CC[C@@]5(C)[C@]4(C)C(=O)C[C@@]23C)[C@H](O)[C@H](O)[C@H]1O. The van der Waals surface area contributed by atoms with Gasteiger partial charge in [0.25, 0.3) is 0 Å². The van der Waals surface area contributed by atoms with E-state index in [0.717, 1.165) is 32.1 Å². The van der Waals surface area contributed by atoms with Gasteiger partial charge in [-0.25, -0.2) is 0 Å². The van der Waals surface area contributed by atoms with Gasteiger partial charge in [0.2, 0.25) is 0 Å². The van der Waals surface area contributed by atoms with Crippen molar-refractivity contribution in [3.63, 3.8) is 0 Å². The number of rotatable bonds is 3. The minimum absolute atomic E-state index is 0.0276. The van der Waals surface area contributed by atoms with E-state index in [1.807, 2.05) is 0 Å². The van der Waals surface area contributed by atoms with E-state index in [2.05, 4.69) is 54.5 Å². The van der Waals surface area contributed by atoms with E-state index in [1.54, 1.807) is 6.92 Å². The molecule has 0 amide bonds. The summed E-state index contributed by atoms with van der Waals surface area (Å²) in [6, 6.07) is 0. The lowest BCUT2D eigenvalue weighted by atomic mass is 9.33. The first kappa shape index (κ1) is 33.0. The molecule has 1 aliphatic heterocycles. The van der Waals surface area contributed by atoms with E-state index in [0.29, 0.717) is 19.3 Å². The number of carbonyl (C=O) groups is 1. The maximum Gasteiger partial charge on any atom is 0.186 e. The molecule has 8 heteroatoms. The van der Waals surface area contributed by atoms with Gasteiger partial charge in [0, 0.05) is 17.3 Å². The van der Waals surface area contributed by atoms with Gasteiger partial charge in [0.05, 0.1) is 30.3 Å². The van der Waals surface area contributed by atoms with Crippen molar-refractivity contribution in [1.82, 2.24) is 0 Å². The smallest absolute Gasteiger partial charge is 0.186 e. The molecule has 0 radical (unpaired) electrons. The Kier molecular flexibility index (Phi) is 7.75. The molecule has 0 spiro atoms. The molecule has 5 fully saturated rings. The van der Waals surface area contributed by atoms with E-state index in [4.69, 9.17) is 9.47 Å². The molecule has 250 valence electrons. The largest absolute Gasteiger partial charge is 0.396 e. The van der Waals surface area contributed by atoms with Gasteiger partial charge >= 0.3 is 0 Å². The number of ether oxygens (including phenoxy) is 2. The van der Waals surface area contributed by atoms with Gasteiger partial charge in [-0.05, 0) is 92.8 Å². The molecule has 44 heavy (non-hydrogen) atoms. The number of hydrogen-bond donors (Lipinski definition) is 5. The summed E-state index contributed by atoms with van der Waals surface area (Å²) < 4.78 is 12.5. The third-order valence-electron chi connectivity index (χ3n) is 15.1. The van der Waals surface area contributed by atoms with E-state index in [9.17, 15) is 30.3 Å². The van der Waals surface area contributed by atoms with Crippen molar-refractivity contribution in [3.8, 4) is 0 Å². The molecule has 15 atom stereocenters. The van der Waals surface area contributed by atoms with Gasteiger partial charge in [-0.15, -0.1) is 0 Å². The van der Waals surface area contributed by atoms with Crippen LogP contribution in [0.25, 0.3) is 0 Å². The Balaban J connectivity index is 1.38. The Morgan fingerprint density at radius 1 is 0.886 bits per heavy atom. The van der Waals surface area contributed by atoms with Crippen molar-refractivity contribution in [2.45, 2.75) is 150 Å². The molecular formula is C36H58O8. The average Bonchev–Trinajstić information content (AvgIpc) is 2.95. The van der Waals surface area contributed by atoms with E-state index >= 15 is 0 Å². The molecule has 0 unspecified atom stereocenters. The van der Waals surface area contributed by atoms with Crippen LogP contribution < -0.4 is 0 Å². The van der Waals surface area contributed by atoms with Crippen LogP contribution in [-0.2, 0) is 14.3 Å². The van der Waals surface area contributed by atoms with Gasteiger partial charge in [-0.1, -0.05) is 53.2 Å². The maximum absolute atomic E-state index is 14.9. The Morgan fingerprint density at radius 2 is 1.57 bits per heavy atom. The fourth-order valence-corrected chi connectivity index (χ4v) is 12.0. The predicted molar refractivity (Wildman–Crippen MR) is 165 cm³/mol. The second-order valence-electron chi connectivity index (χ2n) is 17.8. The van der Waals surface area contributed by atoms with Crippen LogP contribution in [0.1, 0.15) is 107 Å². The summed E-state index contributed by atoms with van der Waals surface area (Å²) in [4.78, 5) is 14.9. The molecule has 0 aromatic carbocycles. The molecule has 0 bridgehead atoms. The average molecular weight is 619 g/mol. The van der Waals surface area contributed by atoms with Crippen LogP contribution in [0.2, 0.25) is 0 Å². The molecule has 6 aliphatic rings. The second-order valence-corrected chi connectivity index (χ2v) is 17.8. The lowest BCUT2D eigenvalue weighted by Crippen LogP contribution is -2.68. The van der Waals surface area contributed by atoms with E-state index in [1.165, 1.54) is 5.57 Å². The highest BCUT2D eigenvalue weighted by Gasteiger charge is 2.71. The molecule has 1 heterocycles. The molecule has 5 N–H and O–H groups in total. The topological polar surface area (TPSA) is 137 Å². The first-order valence-corrected chi connectivity index (χ1v) is 17.2. The summed E-state index contributed by atoms with van der Waals surface area (Å²) in [5.74, 6) is 0.804. The standard InChI is InChI=1S/C36H58O8/c1-19-27(40)28(41)29(42)30(43-19)44-26-17-31(2,3)15-21-20-9-10-23-32(4)13-12-24(38)34(6,18-37)22(32)11-14-35(23,7)36(20,8)25(39)16-33(21,26)5/h9,19,21-24,26-30,37-38,40-42H,10-18H2,1-8H3/t19-,21-,22+,23+,24-,26+,27-,28+,29+,30-,32-,33+,34+,35+,36-/m0/s1. The molecule has 0 aromatic heterocycles. The summed E-state index contributed by atoms with van der Waals surface area (Å²) in [5, 5.41) is 53.2. The number of aliphatic hydroxyl groups is 5. The highest BCUT2D eigenvalue weighted by atomic mass is 16.7. The summed E-state index contributed by atoms with van der Waals surface area (Å²) in [7, 11) is 0. The van der Waals surface area contributed by atoms with Crippen molar-refractivity contribution in [1.29, 1.82) is 0 Å². The highest BCUT2D eigenvalue weighted by Crippen LogP contribution is 2.75. The minimum Gasteiger partial charge on any atom is -0.396 e. The number of carbonyl (C=O) groups excluding carboxylic acids is 1. The van der Waals surface area contributed by atoms with Crippen LogP contribution in [0.15, 0.2) is 11.6 Å². The molecule has 4 saturated carbocycles. The lowest BCUT2D eigenvalue weighted by molar-refractivity contribution is -0.321. The van der Waals surface area contributed by atoms with E-state index < -0.39 is 53.1 Å². The van der Waals surface area contributed by atoms with Crippen molar-refractivity contribution in [2.24, 2.45) is 50.2 Å².